The van der Waals surface area contributed by atoms with Crippen molar-refractivity contribution in [1.82, 2.24) is 4.98 Å². The fourth-order valence-electron chi connectivity index (χ4n) is 2.79. The summed E-state index contributed by atoms with van der Waals surface area (Å²) in [5.41, 5.74) is 1.81. The summed E-state index contributed by atoms with van der Waals surface area (Å²) in [7, 11) is 0. The first kappa shape index (κ1) is 13.6. The van der Waals surface area contributed by atoms with E-state index in [4.69, 9.17) is 10.1 Å². The van der Waals surface area contributed by atoms with Crippen LogP contribution < -0.4 is 4.90 Å². The Balaban J connectivity index is 2.09. The maximum absolute atomic E-state index is 10.8. The SMILES string of the molecule is CC1CCN(c2nc3ccccc3cc2/C=C/C(=O)O)C1. The lowest BCUT2D eigenvalue weighted by atomic mass is 10.1. The molecule has 1 aromatic heterocycles. The average Bonchev–Trinajstić information content (AvgIpc) is 2.90. The normalized spacial score (nSPS) is 18.7. The fourth-order valence-corrected chi connectivity index (χ4v) is 2.79. The number of hydrogen-bond donors (Lipinski definition) is 1. The van der Waals surface area contributed by atoms with Gasteiger partial charge in [-0.1, -0.05) is 25.1 Å². The molecule has 2 heterocycles. The van der Waals surface area contributed by atoms with Crippen LogP contribution in [0.3, 0.4) is 0 Å². The number of rotatable bonds is 3. The van der Waals surface area contributed by atoms with Gasteiger partial charge in [0.2, 0.25) is 0 Å². The molecule has 3 rings (SSSR count). The Kier molecular flexibility index (Phi) is 3.60. The number of carboxylic acids is 1. The highest BCUT2D eigenvalue weighted by Crippen LogP contribution is 2.29. The Morgan fingerprint density at radius 3 is 2.95 bits per heavy atom. The van der Waals surface area contributed by atoms with Crippen molar-refractivity contribution in [3.05, 3.63) is 42.0 Å². The molecule has 1 N–H and O–H groups in total. The molecule has 0 amide bonds. The van der Waals surface area contributed by atoms with Gasteiger partial charge >= 0.3 is 5.97 Å². The number of anilines is 1. The van der Waals surface area contributed by atoms with Gasteiger partial charge in [0.05, 0.1) is 5.52 Å². The molecule has 1 unspecified atom stereocenters. The molecule has 1 aliphatic heterocycles. The van der Waals surface area contributed by atoms with E-state index in [2.05, 4.69) is 11.8 Å². The summed E-state index contributed by atoms with van der Waals surface area (Å²) in [5.74, 6) is 0.592. The third-order valence-electron chi connectivity index (χ3n) is 3.86. The molecule has 1 aliphatic rings. The molecule has 4 heteroatoms. The van der Waals surface area contributed by atoms with E-state index in [1.165, 1.54) is 6.08 Å². The number of para-hydroxylation sites is 1. The van der Waals surface area contributed by atoms with E-state index in [1.54, 1.807) is 6.08 Å². The third-order valence-corrected chi connectivity index (χ3v) is 3.86. The van der Waals surface area contributed by atoms with Crippen molar-refractivity contribution in [3.8, 4) is 0 Å². The molecule has 2 aromatic rings. The summed E-state index contributed by atoms with van der Waals surface area (Å²) in [6.45, 7) is 4.17. The average molecular weight is 282 g/mol. The predicted octanol–water partition coefficient (Wildman–Crippen LogP) is 3.18. The highest BCUT2D eigenvalue weighted by atomic mass is 16.4. The van der Waals surface area contributed by atoms with E-state index in [-0.39, 0.29) is 0 Å². The summed E-state index contributed by atoms with van der Waals surface area (Å²) in [4.78, 5) is 17.8. The van der Waals surface area contributed by atoms with Crippen molar-refractivity contribution < 1.29 is 9.90 Å². The van der Waals surface area contributed by atoms with E-state index < -0.39 is 5.97 Å². The molecule has 0 spiro atoms. The molecular formula is C17H18N2O2. The maximum Gasteiger partial charge on any atom is 0.328 e. The van der Waals surface area contributed by atoms with Crippen molar-refractivity contribution in [2.75, 3.05) is 18.0 Å². The van der Waals surface area contributed by atoms with Gasteiger partial charge < -0.3 is 10.0 Å². The smallest absolute Gasteiger partial charge is 0.328 e. The van der Waals surface area contributed by atoms with Gasteiger partial charge in [-0.2, -0.15) is 0 Å². The quantitative estimate of drug-likeness (QED) is 0.878. The zero-order valence-corrected chi connectivity index (χ0v) is 12.0. The van der Waals surface area contributed by atoms with Crippen molar-refractivity contribution in [2.45, 2.75) is 13.3 Å². The topological polar surface area (TPSA) is 53.4 Å². The molecule has 1 atom stereocenters. The van der Waals surface area contributed by atoms with Crippen LogP contribution in [0.15, 0.2) is 36.4 Å². The number of fused-ring (bicyclic) bond motifs is 1. The van der Waals surface area contributed by atoms with Gasteiger partial charge in [-0.3, -0.25) is 0 Å². The highest BCUT2D eigenvalue weighted by Gasteiger charge is 2.22. The first-order chi connectivity index (χ1) is 10.1. The van der Waals surface area contributed by atoms with Gasteiger partial charge in [0.1, 0.15) is 5.82 Å². The second kappa shape index (κ2) is 5.56. The van der Waals surface area contributed by atoms with Crippen molar-refractivity contribution >= 4 is 28.8 Å². The molecular weight excluding hydrogens is 264 g/mol. The fraction of sp³-hybridized carbons (Fsp3) is 0.294. The molecule has 1 fully saturated rings. The van der Waals surface area contributed by atoms with E-state index in [9.17, 15) is 4.79 Å². The van der Waals surface area contributed by atoms with Gasteiger partial charge in [-0.15, -0.1) is 0 Å². The molecule has 4 nitrogen and oxygen atoms in total. The molecule has 1 saturated heterocycles. The summed E-state index contributed by atoms with van der Waals surface area (Å²) >= 11 is 0. The number of carboxylic acid groups (broad SMARTS) is 1. The zero-order chi connectivity index (χ0) is 14.8. The zero-order valence-electron chi connectivity index (χ0n) is 12.0. The maximum atomic E-state index is 10.8. The van der Waals surface area contributed by atoms with E-state index in [0.29, 0.717) is 5.92 Å². The molecule has 21 heavy (non-hydrogen) atoms. The van der Waals surface area contributed by atoms with Crippen LogP contribution in [0.4, 0.5) is 5.82 Å². The highest BCUT2D eigenvalue weighted by molar-refractivity contribution is 5.90. The Morgan fingerprint density at radius 1 is 1.43 bits per heavy atom. The first-order valence-electron chi connectivity index (χ1n) is 7.19. The van der Waals surface area contributed by atoms with Crippen LogP contribution in [0, 0.1) is 5.92 Å². The number of aliphatic carboxylic acids is 1. The summed E-state index contributed by atoms with van der Waals surface area (Å²) in [6.07, 6.45) is 3.96. The van der Waals surface area contributed by atoms with Crippen LogP contribution in [0.5, 0.6) is 0 Å². The molecule has 1 aromatic carbocycles. The Labute approximate surface area is 123 Å². The van der Waals surface area contributed by atoms with Crippen molar-refractivity contribution in [2.24, 2.45) is 5.92 Å². The van der Waals surface area contributed by atoms with Crippen molar-refractivity contribution in [1.29, 1.82) is 0 Å². The second-order valence-electron chi connectivity index (χ2n) is 5.61. The number of carbonyl (C=O) groups is 1. The minimum atomic E-state index is -0.941. The van der Waals surface area contributed by atoms with E-state index in [0.717, 1.165) is 41.8 Å². The van der Waals surface area contributed by atoms with Crippen LogP contribution in [0.2, 0.25) is 0 Å². The number of hydrogen-bond acceptors (Lipinski definition) is 3. The lowest BCUT2D eigenvalue weighted by molar-refractivity contribution is -0.131. The van der Waals surface area contributed by atoms with Crippen LogP contribution >= 0.6 is 0 Å². The van der Waals surface area contributed by atoms with Gasteiger partial charge in [-0.05, 0) is 30.5 Å². The third kappa shape index (κ3) is 2.89. The molecule has 0 bridgehead atoms. The van der Waals surface area contributed by atoms with Gasteiger partial charge in [0, 0.05) is 30.1 Å². The lowest BCUT2D eigenvalue weighted by Crippen LogP contribution is -2.21. The van der Waals surface area contributed by atoms with Crippen molar-refractivity contribution in [3.63, 3.8) is 0 Å². The summed E-state index contributed by atoms with van der Waals surface area (Å²) in [6, 6.07) is 9.94. The molecule has 108 valence electrons. The van der Waals surface area contributed by atoms with Gasteiger partial charge in [0.25, 0.3) is 0 Å². The Bertz CT molecular complexity index is 709. The largest absolute Gasteiger partial charge is 0.478 e. The summed E-state index contributed by atoms with van der Waals surface area (Å²) in [5, 5.41) is 9.89. The van der Waals surface area contributed by atoms with Crippen LogP contribution in [-0.4, -0.2) is 29.1 Å². The molecule has 0 radical (unpaired) electrons. The number of benzene rings is 1. The van der Waals surface area contributed by atoms with Crippen LogP contribution in [0.1, 0.15) is 18.9 Å². The van der Waals surface area contributed by atoms with E-state index in [1.807, 2.05) is 30.3 Å². The lowest BCUT2D eigenvalue weighted by Gasteiger charge is -2.20. The van der Waals surface area contributed by atoms with Gasteiger partial charge in [-0.25, -0.2) is 9.78 Å². The molecule has 0 saturated carbocycles. The number of aromatic nitrogens is 1. The second-order valence-corrected chi connectivity index (χ2v) is 5.61. The monoisotopic (exact) mass is 282 g/mol. The number of nitrogens with zero attached hydrogens (tertiary/aromatic N) is 2. The Morgan fingerprint density at radius 2 is 2.24 bits per heavy atom. The minimum absolute atomic E-state index is 0.648. The van der Waals surface area contributed by atoms with Crippen LogP contribution in [-0.2, 0) is 4.79 Å². The standard InChI is InChI=1S/C17H18N2O2/c1-12-8-9-19(11-12)17-14(6-7-16(20)21)10-13-4-2-3-5-15(13)18-17/h2-7,10,12H,8-9,11H2,1H3,(H,20,21)/b7-6+. The predicted molar refractivity (Wildman–Crippen MR) is 84.4 cm³/mol. The molecule has 0 aliphatic carbocycles. The number of pyridine rings is 1. The first-order valence-corrected chi connectivity index (χ1v) is 7.19. The minimum Gasteiger partial charge on any atom is -0.478 e. The van der Waals surface area contributed by atoms with Crippen LogP contribution in [0.25, 0.3) is 17.0 Å². The Hall–Kier alpha value is -2.36. The summed E-state index contributed by atoms with van der Waals surface area (Å²) < 4.78 is 0. The van der Waals surface area contributed by atoms with E-state index >= 15 is 0 Å². The van der Waals surface area contributed by atoms with Gasteiger partial charge in [0.15, 0.2) is 0 Å².